The second-order valence-corrected chi connectivity index (χ2v) is 5.03. The highest BCUT2D eigenvalue weighted by Gasteiger charge is 2.14. The molecule has 0 radical (unpaired) electrons. The Bertz CT molecular complexity index is 540. The van der Waals surface area contributed by atoms with Crippen LogP contribution in [-0.4, -0.2) is 13.7 Å². The first-order chi connectivity index (χ1) is 9.76. The van der Waals surface area contributed by atoms with Crippen molar-refractivity contribution in [2.75, 3.05) is 13.7 Å². The van der Waals surface area contributed by atoms with Crippen molar-refractivity contribution in [2.24, 2.45) is 0 Å². The number of hydrogen-bond donors (Lipinski definition) is 1. The third kappa shape index (κ3) is 3.55. The van der Waals surface area contributed by atoms with Gasteiger partial charge in [0.15, 0.2) is 11.5 Å². The second kappa shape index (κ2) is 7.36. The summed E-state index contributed by atoms with van der Waals surface area (Å²) in [5.41, 5.74) is 1.04. The van der Waals surface area contributed by atoms with Crippen LogP contribution in [0.4, 0.5) is 0 Å². The first kappa shape index (κ1) is 14.9. The smallest absolute Gasteiger partial charge is 0.166 e. The summed E-state index contributed by atoms with van der Waals surface area (Å²) in [4.78, 5) is 0. The summed E-state index contributed by atoms with van der Waals surface area (Å²) in [6, 6.07) is 7.68. The molecule has 0 saturated carbocycles. The summed E-state index contributed by atoms with van der Waals surface area (Å²) in [5.74, 6) is 2.42. The van der Waals surface area contributed by atoms with Crippen LogP contribution in [0.25, 0.3) is 0 Å². The Balaban J connectivity index is 2.12. The van der Waals surface area contributed by atoms with Gasteiger partial charge in [-0.15, -0.1) is 0 Å². The van der Waals surface area contributed by atoms with Gasteiger partial charge >= 0.3 is 0 Å². The number of methoxy groups -OCH3 is 1. The molecule has 1 aromatic heterocycles. The third-order valence-electron chi connectivity index (χ3n) is 2.86. The minimum atomic E-state index is 0.595. The normalized spacial score (nSPS) is 10.6. The van der Waals surface area contributed by atoms with Crippen molar-refractivity contribution in [3.8, 4) is 11.5 Å². The van der Waals surface area contributed by atoms with E-state index in [1.54, 1.807) is 13.4 Å². The van der Waals surface area contributed by atoms with Gasteiger partial charge in [0.25, 0.3) is 0 Å². The quantitative estimate of drug-likeness (QED) is 0.834. The highest BCUT2D eigenvalue weighted by molar-refractivity contribution is 9.10. The molecule has 0 aliphatic rings. The molecule has 0 bridgehead atoms. The van der Waals surface area contributed by atoms with Gasteiger partial charge < -0.3 is 19.2 Å². The number of furan rings is 1. The summed E-state index contributed by atoms with van der Waals surface area (Å²) >= 11 is 3.56. The monoisotopic (exact) mass is 339 g/mol. The lowest BCUT2D eigenvalue weighted by atomic mass is 10.2. The molecule has 0 aliphatic carbocycles. The van der Waals surface area contributed by atoms with Crippen molar-refractivity contribution in [1.29, 1.82) is 0 Å². The molecule has 0 saturated heterocycles. The topological polar surface area (TPSA) is 43.6 Å². The molecule has 0 atom stereocenters. The second-order valence-electron chi connectivity index (χ2n) is 4.17. The standard InChI is InChI=1S/C15H18BrNO3/c1-3-19-15-12(13(16)6-7-14(15)18-2)10-17-9-11-5-4-8-20-11/h4-8,17H,3,9-10H2,1-2H3. The molecule has 0 fully saturated rings. The van der Waals surface area contributed by atoms with E-state index in [0.717, 1.165) is 27.3 Å². The molecule has 4 nitrogen and oxygen atoms in total. The zero-order valence-corrected chi connectivity index (χ0v) is 13.2. The van der Waals surface area contributed by atoms with Crippen molar-refractivity contribution >= 4 is 15.9 Å². The van der Waals surface area contributed by atoms with E-state index >= 15 is 0 Å². The van der Waals surface area contributed by atoms with Gasteiger partial charge in [-0.3, -0.25) is 0 Å². The molecule has 1 N–H and O–H groups in total. The van der Waals surface area contributed by atoms with E-state index in [9.17, 15) is 0 Å². The molecule has 1 aromatic carbocycles. The maximum Gasteiger partial charge on any atom is 0.166 e. The van der Waals surface area contributed by atoms with Crippen LogP contribution in [0.5, 0.6) is 11.5 Å². The van der Waals surface area contributed by atoms with E-state index in [2.05, 4.69) is 21.2 Å². The van der Waals surface area contributed by atoms with E-state index in [1.165, 1.54) is 0 Å². The van der Waals surface area contributed by atoms with Crippen LogP contribution in [-0.2, 0) is 13.1 Å². The largest absolute Gasteiger partial charge is 0.493 e. The predicted molar refractivity (Wildman–Crippen MR) is 81.1 cm³/mol. The van der Waals surface area contributed by atoms with Crippen LogP contribution < -0.4 is 14.8 Å². The maximum absolute atomic E-state index is 5.71. The van der Waals surface area contributed by atoms with Gasteiger partial charge in [-0.05, 0) is 31.2 Å². The SMILES string of the molecule is CCOc1c(OC)ccc(Br)c1CNCc1ccco1. The lowest BCUT2D eigenvalue weighted by Crippen LogP contribution is -2.14. The van der Waals surface area contributed by atoms with Crippen LogP contribution in [0.3, 0.4) is 0 Å². The highest BCUT2D eigenvalue weighted by atomic mass is 79.9. The first-order valence-electron chi connectivity index (χ1n) is 6.47. The Labute approximate surface area is 127 Å². The van der Waals surface area contributed by atoms with Crippen LogP contribution in [0.1, 0.15) is 18.2 Å². The third-order valence-corrected chi connectivity index (χ3v) is 3.60. The Morgan fingerprint density at radius 2 is 2.10 bits per heavy atom. The fourth-order valence-electron chi connectivity index (χ4n) is 1.93. The van der Waals surface area contributed by atoms with Crippen molar-refractivity contribution in [3.63, 3.8) is 0 Å². The fourth-order valence-corrected chi connectivity index (χ4v) is 2.39. The average molecular weight is 340 g/mol. The summed E-state index contributed by atoms with van der Waals surface area (Å²) in [6.07, 6.45) is 1.67. The van der Waals surface area contributed by atoms with Crippen LogP contribution in [0.15, 0.2) is 39.4 Å². The lowest BCUT2D eigenvalue weighted by Gasteiger charge is -2.16. The molecular formula is C15H18BrNO3. The highest BCUT2D eigenvalue weighted by Crippen LogP contribution is 2.36. The number of hydrogen-bond acceptors (Lipinski definition) is 4. The van der Waals surface area contributed by atoms with Crippen molar-refractivity contribution in [2.45, 2.75) is 20.0 Å². The molecule has 2 aromatic rings. The van der Waals surface area contributed by atoms with Crippen LogP contribution in [0, 0.1) is 0 Å². The summed E-state index contributed by atoms with van der Waals surface area (Å²) in [5, 5.41) is 3.34. The predicted octanol–water partition coefficient (Wildman–Crippen LogP) is 3.74. The Morgan fingerprint density at radius 3 is 2.75 bits per heavy atom. The van der Waals surface area contributed by atoms with Crippen LogP contribution >= 0.6 is 15.9 Å². The Morgan fingerprint density at radius 1 is 1.25 bits per heavy atom. The van der Waals surface area contributed by atoms with Crippen molar-refractivity contribution in [1.82, 2.24) is 5.32 Å². The maximum atomic E-state index is 5.71. The van der Waals surface area contributed by atoms with Gasteiger partial charge in [-0.2, -0.15) is 0 Å². The van der Waals surface area contributed by atoms with E-state index in [1.807, 2.05) is 31.2 Å². The summed E-state index contributed by atoms with van der Waals surface area (Å²) < 4.78 is 17.4. The molecule has 0 aliphatic heterocycles. The summed E-state index contributed by atoms with van der Waals surface area (Å²) in [6.45, 7) is 3.88. The molecule has 0 unspecified atom stereocenters. The Hall–Kier alpha value is -1.46. The molecule has 108 valence electrons. The van der Waals surface area contributed by atoms with Gasteiger partial charge in [0.2, 0.25) is 0 Å². The fraction of sp³-hybridized carbons (Fsp3) is 0.333. The van der Waals surface area contributed by atoms with Gasteiger partial charge in [-0.25, -0.2) is 0 Å². The van der Waals surface area contributed by atoms with Gasteiger partial charge in [0.05, 0.1) is 26.5 Å². The van der Waals surface area contributed by atoms with Crippen molar-refractivity contribution in [3.05, 3.63) is 46.3 Å². The van der Waals surface area contributed by atoms with Gasteiger partial charge in [0, 0.05) is 16.6 Å². The molecule has 20 heavy (non-hydrogen) atoms. The average Bonchev–Trinajstić information content (AvgIpc) is 2.95. The Kier molecular flexibility index (Phi) is 5.49. The first-order valence-corrected chi connectivity index (χ1v) is 7.26. The van der Waals surface area contributed by atoms with Crippen LogP contribution in [0.2, 0.25) is 0 Å². The number of nitrogens with one attached hydrogen (secondary N) is 1. The molecule has 5 heteroatoms. The van der Waals surface area contributed by atoms with Gasteiger partial charge in [-0.1, -0.05) is 15.9 Å². The number of rotatable bonds is 7. The molecular weight excluding hydrogens is 322 g/mol. The number of ether oxygens (including phenoxy) is 2. The molecule has 0 amide bonds. The molecule has 1 heterocycles. The van der Waals surface area contributed by atoms with E-state index in [-0.39, 0.29) is 0 Å². The minimum Gasteiger partial charge on any atom is -0.493 e. The molecule has 2 rings (SSSR count). The van der Waals surface area contributed by atoms with E-state index < -0.39 is 0 Å². The zero-order chi connectivity index (χ0) is 14.4. The van der Waals surface area contributed by atoms with Gasteiger partial charge in [0.1, 0.15) is 5.76 Å². The number of halogens is 1. The molecule has 0 spiro atoms. The summed E-state index contributed by atoms with van der Waals surface area (Å²) in [7, 11) is 1.64. The number of benzene rings is 1. The lowest BCUT2D eigenvalue weighted by molar-refractivity contribution is 0.306. The van der Waals surface area contributed by atoms with E-state index in [4.69, 9.17) is 13.9 Å². The zero-order valence-electron chi connectivity index (χ0n) is 11.6. The van der Waals surface area contributed by atoms with E-state index in [0.29, 0.717) is 19.7 Å². The minimum absolute atomic E-state index is 0.595. The van der Waals surface area contributed by atoms with Crippen molar-refractivity contribution < 1.29 is 13.9 Å².